The van der Waals surface area contributed by atoms with Gasteiger partial charge >= 0.3 is 0 Å². The number of likely N-dealkylation sites (tertiary alicyclic amines) is 1. The van der Waals surface area contributed by atoms with Crippen LogP contribution in [-0.4, -0.2) is 94.1 Å². The zero-order valence-electron chi connectivity index (χ0n) is 21.8. The molecule has 0 aromatic heterocycles. The third-order valence-electron chi connectivity index (χ3n) is 8.16. The molecule has 4 aliphatic heterocycles. The van der Waals surface area contributed by atoms with Gasteiger partial charge in [-0.25, -0.2) is 0 Å². The van der Waals surface area contributed by atoms with Crippen molar-refractivity contribution in [3.05, 3.63) is 24.3 Å². The molecular weight excluding hydrogens is 446 g/mol. The van der Waals surface area contributed by atoms with E-state index >= 15 is 0 Å². The number of aliphatic hydroxyl groups excluding tert-OH is 1. The van der Waals surface area contributed by atoms with Crippen molar-refractivity contribution in [3.8, 4) is 0 Å². The first-order valence-corrected chi connectivity index (χ1v) is 13.1. The minimum absolute atomic E-state index is 0.150. The summed E-state index contributed by atoms with van der Waals surface area (Å²) < 4.78 is 6.78. The van der Waals surface area contributed by atoms with Gasteiger partial charge in [-0.05, 0) is 25.7 Å². The summed E-state index contributed by atoms with van der Waals surface area (Å²) in [6.45, 7) is 9.30. The number of ether oxygens (including phenoxy) is 1. The Balaban J connectivity index is 1.84. The van der Waals surface area contributed by atoms with Gasteiger partial charge in [-0.3, -0.25) is 14.4 Å². The molecule has 4 rings (SSSR count). The summed E-state index contributed by atoms with van der Waals surface area (Å²) in [7, 11) is 1.73. The molecule has 0 aromatic rings. The van der Waals surface area contributed by atoms with E-state index in [1.807, 2.05) is 50.0 Å². The van der Waals surface area contributed by atoms with E-state index in [1.54, 1.807) is 16.8 Å². The van der Waals surface area contributed by atoms with Crippen LogP contribution in [0.1, 0.15) is 53.4 Å². The highest BCUT2D eigenvalue weighted by Gasteiger charge is 2.75. The fourth-order valence-electron chi connectivity index (χ4n) is 6.60. The monoisotopic (exact) mass is 487 g/mol. The number of aliphatic hydroxyl groups is 1. The largest absolute Gasteiger partial charge is 0.394 e. The summed E-state index contributed by atoms with van der Waals surface area (Å²) in [5, 5.41) is 10.4. The number of likely N-dealkylation sites (N-methyl/N-ethyl adjacent to an activating group) is 1. The number of carbonyl (C=O) groups excluding carboxylic acids is 3. The van der Waals surface area contributed by atoms with Crippen LogP contribution in [0.2, 0.25) is 0 Å². The molecule has 0 saturated carbocycles. The van der Waals surface area contributed by atoms with E-state index in [0.717, 1.165) is 19.3 Å². The zero-order valence-corrected chi connectivity index (χ0v) is 21.8. The molecule has 194 valence electrons. The van der Waals surface area contributed by atoms with E-state index in [-0.39, 0.29) is 30.2 Å². The number of hydrogen-bond donors (Lipinski definition) is 1. The molecule has 4 heterocycles. The first kappa shape index (κ1) is 25.9. The van der Waals surface area contributed by atoms with Gasteiger partial charge in [0.2, 0.25) is 17.7 Å². The van der Waals surface area contributed by atoms with Gasteiger partial charge in [0, 0.05) is 26.7 Å². The molecule has 3 amide bonds. The van der Waals surface area contributed by atoms with Gasteiger partial charge in [0.1, 0.15) is 11.6 Å². The van der Waals surface area contributed by atoms with Crippen molar-refractivity contribution in [3.63, 3.8) is 0 Å². The van der Waals surface area contributed by atoms with Crippen LogP contribution in [0, 0.1) is 17.8 Å². The lowest BCUT2D eigenvalue weighted by molar-refractivity contribution is -0.156. The normalized spacial score (nSPS) is 35.3. The first-order chi connectivity index (χ1) is 16.6. The highest BCUT2D eigenvalue weighted by atomic mass is 16.5. The number of nitrogens with zero attached hydrogens (tertiary/aromatic N) is 3. The highest BCUT2D eigenvalue weighted by Crippen LogP contribution is 2.57. The van der Waals surface area contributed by atoms with Gasteiger partial charge in [0.05, 0.1) is 30.1 Å². The van der Waals surface area contributed by atoms with Gasteiger partial charge in [0.15, 0.2) is 0 Å². The molecule has 1 unspecified atom stereocenters. The van der Waals surface area contributed by atoms with Gasteiger partial charge in [0.25, 0.3) is 0 Å². The Hall–Kier alpha value is -2.19. The van der Waals surface area contributed by atoms with Crippen LogP contribution in [0.5, 0.6) is 0 Å². The average Bonchev–Trinajstić information content (AvgIpc) is 3.09. The second kappa shape index (κ2) is 9.69. The fraction of sp³-hybridized carbons (Fsp3) is 0.741. The number of rotatable bonds is 8. The molecule has 1 spiro atoms. The van der Waals surface area contributed by atoms with Crippen molar-refractivity contribution < 1.29 is 24.2 Å². The Kier molecular flexibility index (Phi) is 7.17. The molecule has 35 heavy (non-hydrogen) atoms. The number of amides is 3. The van der Waals surface area contributed by atoms with Crippen LogP contribution in [0.3, 0.4) is 0 Å². The molecule has 4 aliphatic rings. The van der Waals surface area contributed by atoms with Crippen LogP contribution >= 0.6 is 0 Å². The minimum atomic E-state index is -1.25. The molecule has 2 saturated heterocycles. The maximum atomic E-state index is 14.3. The van der Waals surface area contributed by atoms with E-state index in [1.165, 1.54) is 0 Å². The van der Waals surface area contributed by atoms with Crippen molar-refractivity contribution in [2.24, 2.45) is 17.8 Å². The van der Waals surface area contributed by atoms with Crippen LogP contribution in [0.4, 0.5) is 0 Å². The van der Waals surface area contributed by atoms with Crippen molar-refractivity contribution in [2.45, 2.75) is 76.7 Å². The van der Waals surface area contributed by atoms with Gasteiger partial charge in [-0.1, -0.05) is 57.9 Å². The zero-order chi connectivity index (χ0) is 25.5. The molecule has 8 heteroatoms. The van der Waals surface area contributed by atoms with E-state index in [4.69, 9.17) is 4.74 Å². The lowest BCUT2D eigenvalue weighted by Gasteiger charge is -2.40. The second-order valence-corrected chi connectivity index (χ2v) is 11.2. The second-order valence-electron chi connectivity index (χ2n) is 11.2. The molecule has 2 fully saturated rings. The SMILES string of the molecule is CCCCCN1CC=C[C@]23O[C@]4(C)C=CCN(C)C(=O)[C@@H]4[C@H]2C(=O)N([C@@H](CO)CC(C)C)C3C1=O. The lowest BCUT2D eigenvalue weighted by Crippen LogP contribution is -2.59. The Bertz CT molecular complexity index is 916. The van der Waals surface area contributed by atoms with E-state index in [2.05, 4.69) is 6.92 Å². The Morgan fingerprint density at radius 3 is 2.43 bits per heavy atom. The minimum Gasteiger partial charge on any atom is -0.394 e. The summed E-state index contributed by atoms with van der Waals surface area (Å²) in [6, 6.07) is -1.43. The van der Waals surface area contributed by atoms with Gasteiger partial charge in [-0.15, -0.1) is 0 Å². The summed E-state index contributed by atoms with van der Waals surface area (Å²) >= 11 is 0. The maximum absolute atomic E-state index is 14.3. The van der Waals surface area contributed by atoms with E-state index in [9.17, 15) is 19.5 Å². The third-order valence-corrected chi connectivity index (χ3v) is 8.16. The van der Waals surface area contributed by atoms with E-state index in [0.29, 0.717) is 26.1 Å². The topological polar surface area (TPSA) is 90.4 Å². The average molecular weight is 488 g/mol. The molecule has 0 radical (unpaired) electrons. The molecule has 0 aliphatic carbocycles. The van der Waals surface area contributed by atoms with Gasteiger partial charge < -0.3 is 24.5 Å². The first-order valence-electron chi connectivity index (χ1n) is 13.1. The molecule has 8 nitrogen and oxygen atoms in total. The molecule has 1 N–H and O–H groups in total. The summed E-state index contributed by atoms with van der Waals surface area (Å²) in [6.07, 6.45) is 11.1. The Labute approximate surface area is 208 Å². The Morgan fingerprint density at radius 2 is 1.77 bits per heavy atom. The van der Waals surface area contributed by atoms with Crippen LogP contribution in [0.15, 0.2) is 24.3 Å². The number of carbonyl (C=O) groups is 3. The smallest absolute Gasteiger partial charge is 0.249 e. The quantitative estimate of drug-likeness (QED) is 0.418. The predicted molar refractivity (Wildman–Crippen MR) is 132 cm³/mol. The number of unbranched alkanes of at least 4 members (excludes halogenated alkanes) is 2. The third kappa shape index (κ3) is 4.12. The summed E-state index contributed by atoms with van der Waals surface area (Å²) in [5.74, 6) is -1.93. The van der Waals surface area contributed by atoms with Crippen LogP contribution < -0.4 is 0 Å². The van der Waals surface area contributed by atoms with Crippen molar-refractivity contribution in [1.29, 1.82) is 0 Å². The van der Waals surface area contributed by atoms with Crippen molar-refractivity contribution >= 4 is 17.7 Å². The molecular formula is C27H41N3O5. The maximum Gasteiger partial charge on any atom is 0.249 e. The highest BCUT2D eigenvalue weighted by molar-refractivity contribution is 6.00. The van der Waals surface area contributed by atoms with Crippen molar-refractivity contribution in [1.82, 2.24) is 14.7 Å². The van der Waals surface area contributed by atoms with E-state index < -0.39 is 35.1 Å². The Morgan fingerprint density at radius 1 is 1.06 bits per heavy atom. The summed E-state index contributed by atoms with van der Waals surface area (Å²) in [4.78, 5) is 47.0. The molecule has 6 atom stereocenters. The number of fused-ring (bicyclic) bond motifs is 2. The molecule has 0 bridgehead atoms. The van der Waals surface area contributed by atoms with Gasteiger partial charge in [-0.2, -0.15) is 0 Å². The van der Waals surface area contributed by atoms with Crippen LogP contribution in [-0.2, 0) is 19.1 Å². The van der Waals surface area contributed by atoms with Crippen molar-refractivity contribution in [2.75, 3.05) is 33.3 Å². The molecule has 0 aromatic carbocycles. The summed E-state index contributed by atoms with van der Waals surface area (Å²) in [5.41, 5.74) is -2.25. The number of hydrogen-bond acceptors (Lipinski definition) is 5. The lowest BCUT2D eigenvalue weighted by atomic mass is 9.74. The van der Waals surface area contributed by atoms with Crippen LogP contribution in [0.25, 0.3) is 0 Å². The fourth-order valence-corrected chi connectivity index (χ4v) is 6.60. The standard InChI is InChI=1S/C27H41N3O5/c1-6-7-8-14-29-15-10-12-27-21(20-23(32)28(5)13-9-11-26(20,4)35-27)24(33)30(22(27)25(29)34)19(17-31)16-18(2)3/h9-12,18-22,31H,6-8,13-17H2,1-5H3/t19-,20+,21+,22?,26-,27+/m1/s1. The predicted octanol–water partition coefficient (Wildman–Crippen LogP) is 1.98.